The average Bonchev–Trinajstić information content (AvgIpc) is 2.30. The summed E-state index contributed by atoms with van der Waals surface area (Å²) in [6.07, 6.45) is 0.867. The second kappa shape index (κ2) is 4.81. The molecular formula is C14H15N2. The molecule has 0 spiro atoms. The summed E-state index contributed by atoms with van der Waals surface area (Å²) in [6, 6.07) is 17.0. The summed E-state index contributed by atoms with van der Waals surface area (Å²) in [5.74, 6) is 0. The zero-order chi connectivity index (χ0) is 11.4. The lowest BCUT2D eigenvalue weighted by Crippen LogP contribution is -2.02. The quantitative estimate of drug-likeness (QED) is 0.764. The zero-order valence-electron chi connectivity index (χ0n) is 9.11. The minimum absolute atomic E-state index is 0.574. The molecule has 0 saturated carbocycles. The van der Waals surface area contributed by atoms with E-state index in [-0.39, 0.29) is 0 Å². The van der Waals surface area contributed by atoms with Gasteiger partial charge in [-0.05, 0) is 29.2 Å². The number of benzene rings is 2. The van der Waals surface area contributed by atoms with Crippen molar-refractivity contribution in [1.82, 2.24) is 0 Å². The van der Waals surface area contributed by atoms with E-state index < -0.39 is 0 Å². The fourth-order valence-electron chi connectivity index (χ4n) is 1.79. The Morgan fingerprint density at radius 2 is 1.81 bits per heavy atom. The normalized spacial score (nSPS) is 10.3. The third kappa shape index (κ3) is 2.41. The van der Waals surface area contributed by atoms with Gasteiger partial charge in [-0.1, -0.05) is 36.4 Å². The maximum atomic E-state index is 5.70. The molecule has 1 radical (unpaired) electrons. The van der Waals surface area contributed by atoms with Crippen molar-refractivity contribution in [1.29, 1.82) is 0 Å². The number of anilines is 1. The Kier molecular flexibility index (Phi) is 3.22. The molecule has 0 bridgehead atoms. The van der Waals surface area contributed by atoms with Gasteiger partial charge in [0.25, 0.3) is 0 Å². The highest BCUT2D eigenvalue weighted by atomic mass is 14.5. The zero-order valence-corrected chi connectivity index (χ0v) is 9.11. The molecule has 0 amide bonds. The van der Waals surface area contributed by atoms with Crippen molar-refractivity contribution in [2.45, 2.75) is 13.0 Å². The molecule has 0 aliphatic heterocycles. The molecule has 2 heteroatoms. The van der Waals surface area contributed by atoms with Crippen molar-refractivity contribution in [2.75, 3.05) is 5.73 Å². The summed E-state index contributed by atoms with van der Waals surface area (Å²) < 4.78 is 0. The smallest absolute Gasteiger partial charge is 0.0397 e. The maximum absolute atomic E-state index is 5.70. The summed E-state index contributed by atoms with van der Waals surface area (Å²) >= 11 is 0. The first-order valence-electron chi connectivity index (χ1n) is 5.32. The van der Waals surface area contributed by atoms with Crippen LogP contribution in [0.5, 0.6) is 0 Å². The predicted octanol–water partition coefficient (Wildman–Crippen LogP) is 2.12. The van der Waals surface area contributed by atoms with Crippen LogP contribution in [0.25, 0.3) is 0 Å². The Bertz CT molecular complexity index is 478. The highest BCUT2D eigenvalue weighted by Gasteiger charge is 2.01. The van der Waals surface area contributed by atoms with E-state index in [1.54, 1.807) is 0 Å². The summed E-state index contributed by atoms with van der Waals surface area (Å²) in [7, 11) is 0. The second-order valence-electron chi connectivity index (χ2n) is 3.80. The number of nitrogens with two attached hydrogens (primary N) is 2. The van der Waals surface area contributed by atoms with Crippen LogP contribution in [0.3, 0.4) is 0 Å². The molecule has 0 heterocycles. The van der Waals surface area contributed by atoms with Gasteiger partial charge in [0, 0.05) is 18.3 Å². The number of rotatable bonds is 3. The van der Waals surface area contributed by atoms with E-state index in [0.717, 1.165) is 6.42 Å². The molecule has 0 fully saturated rings. The summed E-state index contributed by atoms with van der Waals surface area (Å²) in [6.45, 7) is 0.574. The van der Waals surface area contributed by atoms with Gasteiger partial charge >= 0.3 is 0 Å². The molecule has 2 aromatic rings. The molecule has 2 rings (SSSR count). The Balaban J connectivity index is 2.26. The highest BCUT2D eigenvalue weighted by Crippen LogP contribution is 2.15. The van der Waals surface area contributed by atoms with Crippen molar-refractivity contribution in [3.05, 3.63) is 65.2 Å². The van der Waals surface area contributed by atoms with E-state index in [9.17, 15) is 0 Å². The standard InChI is InChI=1S/C14H15N2/c15-10-13-6-2-1-5-12(13)8-11-4-3-7-14(16)9-11/h1-6,9H,8,10,15-16H2. The number of nitrogen functional groups attached to an aromatic ring is 1. The number of hydrogen-bond donors (Lipinski definition) is 2. The van der Waals surface area contributed by atoms with Gasteiger partial charge in [-0.25, -0.2) is 0 Å². The molecule has 0 aromatic heterocycles. The van der Waals surface area contributed by atoms with Gasteiger partial charge in [0.1, 0.15) is 0 Å². The van der Waals surface area contributed by atoms with Gasteiger partial charge in [-0.2, -0.15) is 0 Å². The largest absolute Gasteiger partial charge is 0.398 e. The van der Waals surface area contributed by atoms with Crippen molar-refractivity contribution >= 4 is 5.69 Å². The van der Waals surface area contributed by atoms with Crippen LogP contribution in [0.4, 0.5) is 5.69 Å². The fourth-order valence-corrected chi connectivity index (χ4v) is 1.79. The molecular weight excluding hydrogens is 196 g/mol. The predicted molar refractivity (Wildman–Crippen MR) is 66.8 cm³/mol. The van der Waals surface area contributed by atoms with Gasteiger partial charge < -0.3 is 11.5 Å². The van der Waals surface area contributed by atoms with Gasteiger partial charge in [-0.3, -0.25) is 0 Å². The van der Waals surface area contributed by atoms with Crippen LogP contribution in [0.15, 0.2) is 42.5 Å². The third-order valence-corrected chi connectivity index (χ3v) is 2.62. The summed E-state index contributed by atoms with van der Waals surface area (Å²) in [4.78, 5) is 0. The first-order valence-corrected chi connectivity index (χ1v) is 5.32. The Morgan fingerprint density at radius 3 is 2.50 bits per heavy atom. The van der Waals surface area contributed by atoms with Crippen LogP contribution in [0.1, 0.15) is 16.7 Å². The molecule has 16 heavy (non-hydrogen) atoms. The van der Waals surface area contributed by atoms with Crippen molar-refractivity contribution in [3.63, 3.8) is 0 Å². The maximum Gasteiger partial charge on any atom is 0.0397 e. The van der Waals surface area contributed by atoms with E-state index in [1.807, 2.05) is 30.3 Å². The van der Waals surface area contributed by atoms with Crippen molar-refractivity contribution in [3.8, 4) is 0 Å². The van der Waals surface area contributed by atoms with Gasteiger partial charge in [0.05, 0.1) is 0 Å². The number of hydrogen-bond acceptors (Lipinski definition) is 2. The molecule has 0 aliphatic rings. The van der Waals surface area contributed by atoms with E-state index in [4.69, 9.17) is 11.5 Å². The minimum atomic E-state index is 0.574. The molecule has 0 aliphatic carbocycles. The Labute approximate surface area is 95.9 Å². The summed E-state index contributed by atoms with van der Waals surface area (Å²) in [5.41, 5.74) is 15.7. The van der Waals surface area contributed by atoms with Gasteiger partial charge in [-0.15, -0.1) is 0 Å². The summed E-state index contributed by atoms with van der Waals surface area (Å²) in [5, 5.41) is 0. The van der Waals surface area contributed by atoms with Crippen LogP contribution >= 0.6 is 0 Å². The van der Waals surface area contributed by atoms with Crippen molar-refractivity contribution in [2.24, 2.45) is 5.73 Å². The van der Waals surface area contributed by atoms with E-state index in [0.29, 0.717) is 12.2 Å². The lowest BCUT2D eigenvalue weighted by atomic mass is 9.99. The molecule has 2 aromatic carbocycles. The van der Waals surface area contributed by atoms with Crippen LogP contribution in [-0.4, -0.2) is 0 Å². The average molecular weight is 211 g/mol. The first kappa shape index (κ1) is 10.7. The Hall–Kier alpha value is -1.80. The Morgan fingerprint density at radius 1 is 1.06 bits per heavy atom. The van der Waals surface area contributed by atoms with Crippen LogP contribution in [0, 0.1) is 6.07 Å². The van der Waals surface area contributed by atoms with E-state index in [2.05, 4.69) is 18.2 Å². The second-order valence-corrected chi connectivity index (χ2v) is 3.80. The lowest BCUT2D eigenvalue weighted by molar-refractivity contribution is 1.02. The van der Waals surface area contributed by atoms with Gasteiger partial charge in [0.2, 0.25) is 0 Å². The fraction of sp³-hybridized carbons (Fsp3) is 0.143. The minimum Gasteiger partial charge on any atom is -0.398 e. The molecule has 0 atom stereocenters. The third-order valence-electron chi connectivity index (χ3n) is 2.62. The van der Waals surface area contributed by atoms with Crippen molar-refractivity contribution < 1.29 is 0 Å². The molecule has 0 unspecified atom stereocenters. The molecule has 0 saturated heterocycles. The van der Waals surface area contributed by atoms with E-state index in [1.165, 1.54) is 16.7 Å². The van der Waals surface area contributed by atoms with Crippen LogP contribution < -0.4 is 11.5 Å². The van der Waals surface area contributed by atoms with Gasteiger partial charge in [0.15, 0.2) is 0 Å². The van der Waals surface area contributed by atoms with Crippen LogP contribution in [0.2, 0.25) is 0 Å². The van der Waals surface area contributed by atoms with Crippen LogP contribution in [-0.2, 0) is 13.0 Å². The molecule has 4 N–H and O–H groups in total. The highest BCUT2D eigenvalue weighted by molar-refractivity contribution is 5.42. The SMILES string of the molecule is NCc1ccccc1Cc1cc[c]c(N)c1. The van der Waals surface area contributed by atoms with E-state index >= 15 is 0 Å². The monoisotopic (exact) mass is 211 g/mol. The molecule has 81 valence electrons. The first-order chi connectivity index (χ1) is 7.79. The topological polar surface area (TPSA) is 52.0 Å². The molecule has 2 nitrogen and oxygen atoms in total. The lowest BCUT2D eigenvalue weighted by Gasteiger charge is -2.07.